The molecular formula is C49H67FN8O7S. The highest BCUT2D eigenvalue weighted by molar-refractivity contribution is 7.97. The minimum Gasteiger partial charge on any atom is -0.495 e. The summed E-state index contributed by atoms with van der Waals surface area (Å²) in [4.78, 5) is 61.6. The summed E-state index contributed by atoms with van der Waals surface area (Å²) in [5.41, 5.74) is 3.43. The molecule has 0 radical (unpaired) electrons. The first kappa shape index (κ1) is 48.8. The number of methoxy groups -OCH3 is 2. The molecule has 3 aromatic rings. The normalized spacial score (nSPS) is 20.1. The highest BCUT2D eigenvalue weighted by Crippen LogP contribution is 2.35. The zero-order chi connectivity index (χ0) is 46.7. The van der Waals surface area contributed by atoms with Crippen LogP contribution in [-0.2, 0) is 16.1 Å². The van der Waals surface area contributed by atoms with Gasteiger partial charge in [-0.3, -0.25) is 34.3 Å². The number of nitrogens with one attached hydrogen (secondary N) is 3. The maximum atomic E-state index is 15.4. The van der Waals surface area contributed by atoms with Gasteiger partial charge >= 0.3 is 0 Å². The molecule has 5 heterocycles. The van der Waals surface area contributed by atoms with Gasteiger partial charge in [-0.1, -0.05) is 6.07 Å². The van der Waals surface area contributed by atoms with Gasteiger partial charge in [-0.25, -0.2) is 4.39 Å². The van der Waals surface area contributed by atoms with Crippen LogP contribution in [0.5, 0.6) is 17.2 Å². The van der Waals surface area contributed by atoms with E-state index in [0.717, 1.165) is 83.0 Å². The summed E-state index contributed by atoms with van der Waals surface area (Å²) in [6, 6.07) is 13.8. The predicted octanol–water partition coefficient (Wildman–Crippen LogP) is 5.64. The molecule has 15 nitrogen and oxygen atoms in total. The number of rotatable bonds is 16. The van der Waals surface area contributed by atoms with E-state index in [1.54, 1.807) is 37.1 Å². The van der Waals surface area contributed by atoms with Crippen LogP contribution >= 0.6 is 11.8 Å². The molecule has 358 valence electrons. The van der Waals surface area contributed by atoms with E-state index in [1.807, 2.05) is 43.7 Å². The van der Waals surface area contributed by atoms with Crippen molar-refractivity contribution in [2.24, 2.45) is 5.92 Å². The summed E-state index contributed by atoms with van der Waals surface area (Å²) < 4.78 is 32.1. The third kappa shape index (κ3) is 12.1. The summed E-state index contributed by atoms with van der Waals surface area (Å²) in [6.07, 6.45) is 9.11. The number of piperidine rings is 3. The van der Waals surface area contributed by atoms with Crippen LogP contribution in [0, 0.1) is 11.7 Å². The summed E-state index contributed by atoms with van der Waals surface area (Å²) in [5.74, 6) is 0.696. The average Bonchev–Trinajstić information content (AvgIpc) is 3.55. The van der Waals surface area contributed by atoms with Gasteiger partial charge in [-0.05, 0) is 106 Å². The van der Waals surface area contributed by atoms with Gasteiger partial charge in [0.25, 0.3) is 11.8 Å². The van der Waals surface area contributed by atoms with E-state index in [4.69, 9.17) is 14.2 Å². The fraction of sp³-hybridized carbons (Fsp3) is 0.551. The zero-order valence-electron chi connectivity index (χ0n) is 39.2. The lowest BCUT2D eigenvalue weighted by molar-refractivity contribution is -0.133. The molecule has 1 atom stereocenters. The number of anilines is 3. The summed E-state index contributed by atoms with van der Waals surface area (Å²) >= 11 is 1.75. The first-order chi connectivity index (χ1) is 32.0. The van der Waals surface area contributed by atoms with E-state index in [9.17, 15) is 19.2 Å². The standard InChI is InChI=1S/C47H61FN8O7.C2H6S/c1-4-63-43-25-32(5-9-41(43)61-2)30-56-46(59)35-7-6-34(26-36(35)47(56)60)49-33-13-17-54(18-14-33)29-31-11-15-52(16-12-31)19-20-53-21-23-55(24-22-53)40-28-42(62-3)39(27-37(40)48)50-38-8-10-44(57)51-45(38)58;1-3-2/h5-7,9,25-28,31,33,38,49-50H,4,8,10-24,29-30H2,1-3H3,(H,51,57,58);1-2H3. The van der Waals surface area contributed by atoms with Crippen molar-refractivity contribution < 1.29 is 37.8 Å². The maximum absolute atomic E-state index is 15.4. The zero-order valence-corrected chi connectivity index (χ0v) is 40.0. The number of thioether (sulfide) groups is 1. The molecule has 17 heteroatoms. The Labute approximate surface area is 393 Å². The van der Waals surface area contributed by atoms with Crippen molar-refractivity contribution in [3.05, 3.63) is 71.0 Å². The maximum Gasteiger partial charge on any atom is 0.261 e. The number of hydrogen-bond donors (Lipinski definition) is 3. The van der Waals surface area contributed by atoms with Crippen molar-refractivity contribution in [1.82, 2.24) is 24.9 Å². The van der Waals surface area contributed by atoms with Crippen molar-refractivity contribution in [2.45, 2.75) is 64.1 Å². The number of imide groups is 2. The number of halogens is 1. The quantitative estimate of drug-likeness (QED) is 0.152. The molecule has 5 aliphatic heterocycles. The minimum absolute atomic E-state index is 0.158. The van der Waals surface area contributed by atoms with Crippen LogP contribution in [0.1, 0.15) is 71.7 Å². The molecule has 3 aromatic carbocycles. The summed E-state index contributed by atoms with van der Waals surface area (Å²) in [6.45, 7) is 13.1. The number of fused-ring (bicyclic) bond motifs is 1. The molecular weight excluding hydrogens is 864 g/mol. The fourth-order valence-corrected chi connectivity index (χ4v) is 9.63. The van der Waals surface area contributed by atoms with E-state index in [0.29, 0.717) is 77.8 Å². The van der Waals surface area contributed by atoms with E-state index in [-0.39, 0.29) is 36.5 Å². The topological polar surface area (TPSA) is 148 Å². The van der Waals surface area contributed by atoms with Crippen LogP contribution in [0.3, 0.4) is 0 Å². The van der Waals surface area contributed by atoms with E-state index in [2.05, 4.69) is 35.6 Å². The highest BCUT2D eigenvalue weighted by atomic mass is 32.2. The van der Waals surface area contributed by atoms with Crippen molar-refractivity contribution in [1.29, 1.82) is 0 Å². The minimum atomic E-state index is -0.625. The molecule has 0 saturated carbocycles. The fourth-order valence-electron chi connectivity index (χ4n) is 9.63. The van der Waals surface area contributed by atoms with Crippen LogP contribution in [0.15, 0.2) is 48.5 Å². The van der Waals surface area contributed by atoms with Crippen molar-refractivity contribution in [3.8, 4) is 17.2 Å². The molecule has 1 unspecified atom stereocenters. The van der Waals surface area contributed by atoms with Crippen LogP contribution in [0.4, 0.5) is 21.5 Å². The SMILES string of the molecule is CCOc1cc(CN2C(=O)c3ccc(NC4CCN(CC5CCN(CCN6CCN(c7cc(OC)c(NC8CCC(=O)NC8=O)cc7F)CC6)CC5)CC4)cc3C2=O)ccc1OC.CSC. The van der Waals surface area contributed by atoms with E-state index in [1.165, 1.54) is 30.9 Å². The van der Waals surface area contributed by atoms with Gasteiger partial charge in [-0.15, -0.1) is 0 Å². The van der Waals surface area contributed by atoms with Crippen molar-refractivity contribution in [2.75, 3.05) is 121 Å². The van der Waals surface area contributed by atoms with Gasteiger partial charge in [0.2, 0.25) is 11.8 Å². The molecule has 0 aromatic heterocycles. The Morgan fingerprint density at radius 1 is 0.727 bits per heavy atom. The second kappa shape index (κ2) is 23.1. The lowest BCUT2D eigenvalue weighted by atomic mass is 9.94. The number of likely N-dealkylation sites (tertiary alicyclic amines) is 2. The first-order valence-corrected chi connectivity index (χ1v) is 25.0. The Morgan fingerprint density at radius 2 is 1.39 bits per heavy atom. The smallest absolute Gasteiger partial charge is 0.261 e. The number of piperazine rings is 1. The largest absolute Gasteiger partial charge is 0.495 e. The first-order valence-electron chi connectivity index (χ1n) is 23.4. The molecule has 8 rings (SSSR count). The molecule has 4 saturated heterocycles. The lowest BCUT2D eigenvalue weighted by Gasteiger charge is -2.39. The molecule has 0 aliphatic carbocycles. The Balaban J connectivity index is 0.00000210. The van der Waals surface area contributed by atoms with Crippen LogP contribution < -0.4 is 35.1 Å². The van der Waals surface area contributed by atoms with Crippen molar-refractivity contribution >= 4 is 52.5 Å². The average molecular weight is 931 g/mol. The third-order valence-electron chi connectivity index (χ3n) is 13.3. The number of nitrogens with zero attached hydrogens (tertiary/aromatic N) is 5. The van der Waals surface area contributed by atoms with Gasteiger partial charge < -0.3 is 39.5 Å². The van der Waals surface area contributed by atoms with Crippen molar-refractivity contribution in [3.63, 3.8) is 0 Å². The van der Waals surface area contributed by atoms with Crippen LogP contribution in [0.2, 0.25) is 0 Å². The van der Waals surface area contributed by atoms with Gasteiger partial charge in [0.15, 0.2) is 11.5 Å². The molecule has 4 amide bonds. The van der Waals surface area contributed by atoms with Gasteiger partial charge in [0.05, 0.1) is 49.9 Å². The Morgan fingerprint density at radius 3 is 2.06 bits per heavy atom. The number of benzene rings is 3. The second-order valence-corrected chi connectivity index (χ2v) is 18.6. The van der Waals surface area contributed by atoms with Gasteiger partial charge in [-0.2, -0.15) is 11.8 Å². The van der Waals surface area contributed by atoms with E-state index >= 15 is 4.39 Å². The summed E-state index contributed by atoms with van der Waals surface area (Å²) in [5, 5.41) is 9.04. The van der Waals surface area contributed by atoms with E-state index < -0.39 is 11.9 Å². The molecule has 4 fully saturated rings. The van der Waals surface area contributed by atoms with Gasteiger partial charge in [0.1, 0.15) is 17.6 Å². The number of amides is 4. The number of ether oxygens (including phenoxy) is 3. The predicted molar refractivity (Wildman–Crippen MR) is 258 cm³/mol. The highest BCUT2D eigenvalue weighted by Gasteiger charge is 2.36. The Bertz CT molecular complexity index is 2180. The molecule has 0 bridgehead atoms. The monoisotopic (exact) mass is 930 g/mol. The van der Waals surface area contributed by atoms with Gasteiger partial charge in [0, 0.05) is 89.2 Å². The number of hydrogen-bond acceptors (Lipinski definition) is 14. The van der Waals surface area contributed by atoms with Crippen LogP contribution in [-0.4, -0.2) is 161 Å². The number of carbonyl (C=O) groups excluding carboxylic acids is 4. The molecule has 66 heavy (non-hydrogen) atoms. The third-order valence-corrected chi connectivity index (χ3v) is 13.3. The van der Waals surface area contributed by atoms with Crippen LogP contribution in [0.25, 0.3) is 0 Å². The molecule has 0 spiro atoms. The Kier molecular flexibility index (Phi) is 17.1. The molecule has 3 N–H and O–H groups in total. The molecule has 5 aliphatic rings. The lowest BCUT2D eigenvalue weighted by Crippen LogP contribution is -2.49. The summed E-state index contributed by atoms with van der Waals surface area (Å²) in [7, 11) is 3.11. The second-order valence-electron chi connectivity index (χ2n) is 17.8. The Hall–Kier alpha value is -5.10. The number of carbonyl (C=O) groups is 4.